The molecule has 1 N–H and O–H groups in total. The molecule has 1 amide bonds. The van der Waals surface area contributed by atoms with Gasteiger partial charge in [-0.2, -0.15) is 0 Å². The Labute approximate surface area is 158 Å². The van der Waals surface area contributed by atoms with Crippen LogP contribution in [0.3, 0.4) is 0 Å². The normalized spacial score (nSPS) is 15.4. The van der Waals surface area contributed by atoms with Gasteiger partial charge in [0.05, 0.1) is 5.56 Å². The third kappa shape index (κ3) is 4.14. The topological polar surface area (TPSA) is 43.8 Å². The third-order valence-corrected chi connectivity index (χ3v) is 5.14. The lowest BCUT2D eigenvalue weighted by molar-refractivity contribution is 0.0624. The molecule has 1 saturated heterocycles. The van der Waals surface area contributed by atoms with Crippen LogP contribution in [0.1, 0.15) is 15.9 Å². The van der Waals surface area contributed by atoms with Crippen molar-refractivity contribution in [2.45, 2.75) is 6.54 Å². The number of carbonyl (C=O) groups is 1. The molecule has 0 atom stereocenters. The molecule has 1 aliphatic heterocycles. The highest BCUT2D eigenvalue weighted by Crippen LogP contribution is 2.25. The summed E-state index contributed by atoms with van der Waals surface area (Å²) >= 11 is 9.39. The lowest BCUT2D eigenvalue weighted by Gasteiger charge is -2.35. The number of carbonyl (C=O) groups excluding carboxylic acids is 1. The van der Waals surface area contributed by atoms with E-state index < -0.39 is 0 Å². The van der Waals surface area contributed by atoms with Gasteiger partial charge >= 0.3 is 0 Å². The Bertz CT molecular complexity index is 774. The number of halogens is 3. The van der Waals surface area contributed by atoms with Crippen LogP contribution >= 0.6 is 27.5 Å². The summed E-state index contributed by atoms with van der Waals surface area (Å²) < 4.78 is 14.6. The van der Waals surface area contributed by atoms with E-state index in [-0.39, 0.29) is 23.0 Å². The van der Waals surface area contributed by atoms with Crippen LogP contribution < -0.4 is 0 Å². The van der Waals surface area contributed by atoms with Crippen LogP contribution in [0.4, 0.5) is 4.39 Å². The first kappa shape index (κ1) is 18.2. The number of nitrogens with zero attached hydrogens (tertiary/aromatic N) is 2. The van der Waals surface area contributed by atoms with Crippen molar-refractivity contribution in [3.05, 3.63) is 62.8 Å². The molecular weight excluding hydrogens is 411 g/mol. The van der Waals surface area contributed by atoms with Crippen molar-refractivity contribution in [1.29, 1.82) is 0 Å². The second-order valence-corrected chi connectivity index (χ2v) is 7.25. The van der Waals surface area contributed by atoms with Crippen LogP contribution in [0, 0.1) is 5.82 Å². The van der Waals surface area contributed by atoms with Crippen LogP contribution in [0.2, 0.25) is 5.02 Å². The van der Waals surface area contributed by atoms with E-state index in [2.05, 4.69) is 20.8 Å². The molecule has 25 heavy (non-hydrogen) atoms. The summed E-state index contributed by atoms with van der Waals surface area (Å²) in [6, 6.07) is 9.45. The summed E-state index contributed by atoms with van der Waals surface area (Å²) in [6.45, 7) is 2.67. The van der Waals surface area contributed by atoms with Gasteiger partial charge in [-0.15, -0.1) is 0 Å². The van der Waals surface area contributed by atoms with Crippen LogP contribution in [0.25, 0.3) is 0 Å². The fourth-order valence-corrected chi connectivity index (χ4v) is 3.45. The molecule has 0 aliphatic carbocycles. The van der Waals surface area contributed by atoms with E-state index >= 15 is 0 Å². The van der Waals surface area contributed by atoms with Gasteiger partial charge in [0.2, 0.25) is 0 Å². The number of rotatable bonds is 3. The molecule has 0 bridgehead atoms. The summed E-state index contributed by atoms with van der Waals surface area (Å²) in [5, 5.41) is 10.3. The number of benzene rings is 2. The van der Waals surface area contributed by atoms with Crippen LogP contribution in [0.15, 0.2) is 40.9 Å². The largest absolute Gasteiger partial charge is 0.507 e. The number of phenols is 1. The van der Waals surface area contributed by atoms with Crippen molar-refractivity contribution in [3.63, 3.8) is 0 Å². The zero-order chi connectivity index (χ0) is 18.0. The first-order chi connectivity index (χ1) is 12.0. The minimum atomic E-state index is -0.315. The predicted octanol–water partition coefficient (Wildman–Crippen LogP) is 3.91. The first-order valence-electron chi connectivity index (χ1n) is 7.89. The van der Waals surface area contributed by atoms with Crippen molar-refractivity contribution in [1.82, 2.24) is 9.80 Å². The van der Waals surface area contributed by atoms with Crippen molar-refractivity contribution < 1.29 is 14.3 Å². The van der Waals surface area contributed by atoms with Gasteiger partial charge in [0.1, 0.15) is 11.6 Å². The van der Waals surface area contributed by atoms with E-state index in [1.807, 2.05) is 0 Å². The van der Waals surface area contributed by atoms with Crippen molar-refractivity contribution in [3.8, 4) is 5.75 Å². The van der Waals surface area contributed by atoms with E-state index in [4.69, 9.17) is 11.6 Å². The quantitative estimate of drug-likeness (QED) is 0.808. The monoisotopic (exact) mass is 426 g/mol. The Morgan fingerprint density at radius 1 is 1.20 bits per heavy atom. The molecule has 1 aliphatic rings. The highest BCUT2D eigenvalue weighted by molar-refractivity contribution is 9.10. The Hall–Kier alpha value is -1.63. The van der Waals surface area contributed by atoms with Crippen molar-refractivity contribution in [2.75, 3.05) is 26.2 Å². The fourth-order valence-electron chi connectivity index (χ4n) is 2.87. The van der Waals surface area contributed by atoms with Crippen LogP contribution in [-0.2, 0) is 6.54 Å². The summed E-state index contributed by atoms with van der Waals surface area (Å²) in [7, 11) is 0. The molecule has 1 heterocycles. The molecule has 2 aromatic rings. The average molecular weight is 428 g/mol. The van der Waals surface area contributed by atoms with E-state index in [0.29, 0.717) is 43.3 Å². The molecule has 0 radical (unpaired) electrons. The van der Waals surface area contributed by atoms with Gasteiger partial charge in [-0.1, -0.05) is 33.6 Å². The van der Waals surface area contributed by atoms with E-state index in [1.165, 1.54) is 12.1 Å². The summed E-state index contributed by atoms with van der Waals surface area (Å²) in [5.74, 6) is -0.554. The second kappa shape index (κ2) is 7.72. The Kier molecular flexibility index (Phi) is 5.61. The van der Waals surface area contributed by atoms with Gasteiger partial charge in [0, 0.05) is 47.8 Å². The van der Waals surface area contributed by atoms with Gasteiger partial charge in [-0.05, 0) is 30.3 Å². The number of hydrogen-bond acceptors (Lipinski definition) is 3. The zero-order valence-corrected chi connectivity index (χ0v) is 15.7. The second-order valence-electron chi connectivity index (χ2n) is 5.93. The first-order valence-corrected chi connectivity index (χ1v) is 9.06. The number of amides is 1. The average Bonchev–Trinajstić information content (AvgIpc) is 2.60. The SMILES string of the molecule is O=C(c1cc(Br)ccc1O)N1CCN(Cc2c(F)cccc2Cl)CC1. The zero-order valence-electron chi connectivity index (χ0n) is 13.4. The van der Waals surface area contributed by atoms with Gasteiger partial charge in [-0.3, -0.25) is 9.69 Å². The number of hydrogen-bond donors (Lipinski definition) is 1. The minimum absolute atomic E-state index is 0.0335. The Morgan fingerprint density at radius 2 is 1.92 bits per heavy atom. The highest BCUT2D eigenvalue weighted by Gasteiger charge is 2.25. The molecule has 1 fully saturated rings. The van der Waals surface area contributed by atoms with E-state index in [1.54, 1.807) is 29.2 Å². The Morgan fingerprint density at radius 3 is 2.60 bits per heavy atom. The molecule has 0 saturated carbocycles. The molecule has 7 heteroatoms. The maximum atomic E-state index is 13.9. The predicted molar refractivity (Wildman–Crippen MR) is 98.4 cm³/mol. The van der Waals surface area contributed by atoms with E-state index in [0.717, 1.165) is 4.47 Å². The van der Waals surface area contributed by atoms with Gasteiger partial charge in [-0.25, -0.2) is 4.39 Å². The molecule has 0 spiro atoms. The van der Waals surface area contributed by atoms with Gasteiger partial charge in [0.25, 0.3) is 5.91 Å². The molecule has 0 aromatic heterocycles. The molecular formula is C18H17BrClFN2O2. The van der Waals surface area contributed by atoms with E-state index in [9.17, 15) is 14.3 Å². The number of aromatic hydroxyl groups is 1. The third-order valence-electron chi connectivity index (χ3n) is 4.29. The van der Waals surface area contributed by atoms with Crippen molar-refractivity contribution >= 4 is 33.4 Å². The summed E-state index contributed by atoms with van der Waals surface area (Å²) in [6.07, 6.45) is 0. The maximum Gasteiger partial charge on any atom is 0.257 e. The van der Waals surface area contributed by atoms with Gasteiger partial charge < -0.3 is 10.0 Å². The standard InChI is InChI=1S/C18H17BrClFN2O2/c19-12-4-5-17(24)13(10-12)18(25)23-8-6-22(7-9-23)11-14-15(20)2-1-3-16(14)21/h1-5,10,24H,6-9,11H2. The van der Waals surface area contributed by atoms with Gasteiger partial charge in [0.15, 0.2) is 0 Å². The fraction of sp³-hybridized carbons (Fsp3) is 0.278. The molecule has 4 nitrogen and oxygen atoms in total. The number of piperazine rings is 1. The van der Waals surface area contributed by atoms with Crippen LogP contribution in [-0.4, -0.2) is 47.0 Å². The maximum absolute atomic E-state index is 13.9. The molecule has 2 aromatic carbocycles. The molecule has 132 valence electrons. The lowest BCUT2D eigenvalue weighted by atomic mass is 10.1. The lowest BCUT2D eigenvalue weighted by Crippen LogP contribution is -2.48. The Balaban J connectivity index is 1.64. The summed E-state index contributed by atoms with van der Waals surface area (Å²) in [4.78, 5) is 16.4. The smallest absolute Gasteiger partial charge is 0.257 e. The van der Waals surface area contributed by atoms with Crippen molar-refractivity contribution in [2.24, 2.45) is 0 Å². The molecule has 0 unspecified atom stereocenters. The number of phenolic OH excluding ortho intramolecular Hbond substituents is 1. The minimum Gasteiger partial charge on any atom is -0.507 e. The molecule has 3 rings (SSSR count). The summed E-state index contributed by atoms with van der Waals surface area (Å²) in [5.41, 5.74) is 0.758. The van der Waals surface area contributed by atoms with Crippen LogP contribution in [0.5, 0.6) is 5.75 Å². The highest BCUT2D eigenvalue weighted by atomic mass is 79.9.